The molecular formula is C28H26ClFN6O2. The number of rotatable bonds is 8. The maximum absolute atomic E-state index is 13.4. The first kappa shape index (κ1) is 25.4. The SMILES string of the molecule is C=CC(=O)N1CCC(Nc2ccc3ncnc(Nc4ccc(OCc5cccc(F)c5)c(Cl)c4)c3n2)CC1. The molecule has 1 amide bonds. The Labute approximate surface area is 224 Å². The number of carbonyl (C=O) groups is 1. The van der Waals surface area contributed by atoms with Gasteiger partial charge in [0, 0.05) is 24.8 Å². The quantitative estimate of drug-likeness (QED) is 0.280. The predicted molar refractivity (Wildman–Crippen MR) is 146 cm³/mol. The van der Waals surface area contributed by atoms with Gasteiger partial charge in [0.25, 0.3) is 0 Å². The summed E-state index contributed by atoms with van der Waals surface area (Å²) in [6.07, 6.45) is 4.47. The van der Waals surface area contributed by atoms with Crippen LogP contribution in [0.15, 0.2) is 73.6 Å². The van der Waals surface area contributed by atoms with Crippen molar-refractivity contribution in [2.75, 3.05) is 23.7 Å². The van der Waals surface area contributed by atoms with Crippen molar-refractivity contribution in [2.24, 2.45) is 0 Å². The molecule has 0 spiro atoms. The maximum atomic E-state index is 13.4. The van der Waals surface area contributed by atoms with Crippen molar-refractivity contribution in [1.82, 2.24) is 19.9 Å². The first-order chi connectivity index (χ1) is 18.5. The Balaban J connectivity index is 1.27. The standard InChI is InChI=1S/C28H26ClFN6O2/c1-2-26(37)36-12-10-20(11-13-36)33-25-9-7-23-27(35-25)28(32-17-31-23)34-21-6-8-24(22(29)15-21)38-16-18-4-3-5-19(30)14-18/h2-9,14-15,17,20H,1,10-13,16H2,(H,33,35)(H,31,32,34). The number of hydrogen-bond acceptors (Lipinski definition) is 7. The lowest BCUT2D eigenvalue weighted by molar-refractivity contribution is -0.126. The first-order valence-corrected chi connectivity index (χ1v) is 12.6. The largest absolute Gasteiger partial charge is 0.487 e. The lowest BCUT2D eigenvalue weighted by Crippen LogP contribution is -2.41. The van der Waals surface area contributed by atoms with E-state index < -0.39 is 0 Å². The summed E-state index contributed by atoms with van der Waals surface area (Å²) in [5.41, 5.74) is 2.72. The first-order valence-electron chi connectivity index (χ1n) is 12.2. The fourth-order valence-corrected chi connectivity index (χ4v) is 4.55. The lowest BCUT2D eigenvalue weighted by atomic mass is 10.0. The van der Waals surface area contributed by atoms with Crippen molar-refractivity contribution >= 4 is 45.9 Å². The summed E-state index contributed by atoms with van der Waals surface area (Å²) in [5, 5.41) is 7.14. The monoisotopic (exact) mass is 532 g/mol. The number of nitrogens with zero attached hydrogens (tertiary/aromatic N) is 4. The van der Waals surface area contributed by atoms with Gasteiger partial charge in [0.05, 0.1) is 10.5 Å². The van der Waals surface area contributed by atoms with Crippen LogP contribution in [0.25, 0.3) is 11.0 Å². The Bertz CT molecular complexity index is 1480. The van der Waals surface area contributed by atoms with E-state index in [-0.39, 0.29) is 24.4 Å². The number of fused-ring (bicyclic) bond motifs is 1. The number of pyridine rings is 1. The molecule has 194 valence electrons. The second kappa shape index (κ2) is 11.4. The van der Waals surface area contributed by atoms with Gasteiger partial charge in [-0.2, -0.15) is 0 Å². The van der Waals surface area contributed by atoms with E-state index >= 15 is 0 Å². The fraction of sp³-hybridized carbons (Fsp3) is 0.214. The molecule has 2 aromatic carbocycles. The van der Waals surface area contributed by atoms with Crippen LogP contribution >= 0.6 is 11.6 Å². The van der Waals surface area contributed by atoms with E-state index in [1.807, 2.05) is 18.2 Å². The zero-order chi connectivity index (χ0) is 26.5. The molecule has 3 heterocycles. The van der Waals surface area contributed by atoms with Gasteiger partial charge in [-0.25, -0.2) is 19.3 Å². The Morgan fingerprint density at radius 2 is 2.00 bits per heavy atom. The van der Waals surface area contributed by atoms with Crippen molar-refractivity contribution < 1.29 is 13.9 Å². The minimum Gasteiger partial charge on any atom is -0.487 e. The molecule has 0 radical (unpaired) electrons. The Morgan fingerprint density at radius 1 is 1.16 bits per heavy atom. The van der Waals surface area contributed by atoms with Crippen LogP contribution in [-0.2, 0) is 11.4 Å². The molecule has 2 N–H and O–H groups in total. The smallest absolute Gasteiger partial charge is 0.245 e. The van der Waals surface area contributed by atoms with E-state index in [0.29, 0.717) is 57.8 Å². The van der Waals surface area contributed by atoms with Crippen LogP contribution in [0.3, 0.4) is 0 Å². The van der Waals surface area contributed by atoms with Crippen LogP contribution < -0.4 is 15.4 Å². The summed E-state index contributed by atoms with van der Waals surface area (Å²) in [4.78, 5) is 27.1. The summed E-state index contributed by atoms with van der Waals surface area (Å²) < 4.78 is 19.2. The van der Waals surface area contributed by atoms with Gasteiger partial charge in [0.1, 0.15) is 35.8 Å². The number of benzene rings is 2. The van der Waals surface area contributed by atoms with Crippen molar-refractivity contribution in [3.05, 3.63) is 90.0 Å². The number of likely N-dealkylation sites (tertiary alicyclic amines) is 1. The number of nitrogens with one attached hydrogen (secondary N) is 2. The molecule has 1 fully saturated rings. The molecule has 1 aliphatic heterocycles. The van der Waals surface area contributed by atoms with Crippen molar-refractivity contribution in [1.29, 1.82) is 0 Å². The van der Waals surface area contributed by atoms with Crippen LogP contribution in [0.1, 0.15) is 18.4 Å². The van der Waals surface area contributed by atoms with E-state index in [4.69, 9.17) is 21.3 Å². The molecule has 0 bridgehead atoms. The number of halogens is 2. The highest BCUT2D eigenvalue weighted by atomic mass is 35.5. The molecule has 1 saturated heterocycles. The number of anilines is 3. The summed E-state index contributed by atoms with van der Waals surface area (Å²) in [6, 6.07) is 15.5. The van der Waals surface area contributed by atoms with Crippen LogP contribution in [0.2, 0.25) is 5.02 Å². The number of ether oxygens (including phenoxy) is 1. The van der Waals surface area contributed by atoms with Crippen LogP contribution in [-0.4, -0.2) is 44.9 Å². The molecule has 8 nitrogen and oxygen atoms in total. The van der Waals surface area contributed by atoms with Gasteiger partial charge in [-0.1, -0.05) is 30.3 Å². The summed E-state index contributed by atoms with van der Waals surface area (Å²) in [5.74, 6) is 1.38. The van der Waals surface area contributed by atoms with Gasteiger partial charge in [0.15, 0.2) is 5.82 Å². The second-order valence-corrected chi connectivity index (χ2v) is 9.33. The summed E-state index contributed by atoms with van der Waals surface area (Å²) >= 11 is 6.46. The van der Waals surface area contributed by atoms with Gasteiger partial charge in [-0.05, 0) is 66.9 Å². The van der Waals surface area contributed by atoms with Crippen LogP contribution in [0, 0.1) is 5.82 Å². The van der Waals surface area contributed by atoms with Gasteiger partial charge in [-0.3, -0.25) is 4.79 Å². The molecular weight excluding hydrogens is 507 g/mol. The zero-order valence-electron chi connectivity index (χ0n) is 20.5. The second-order valence-electron chi connectivity index (χ2n) is 8.92. The average molecular weight is 533 g/mol. The number of amides is 1. The van der Waals surface area contributed by atoms with E-state index in [0.717, 1.165) is 12.8 Å². The normalized spacial score (nSPS) is 13.8. The third-order valence-corrected chi connectivity index (χ3v) is 6.59. The number of piperidine rings is 1. The topological polar surface area (TPSA) is 92.3 Å². The highest BCUT2D eigenvalue weighted by Crippen LogP contribution is 2.31. The molecule has 0 aliphatic carbocycles. The van der Waals surface area contributed by atoms with E-state index in [2.05, 4.69) is 27.2 Å². The maximum Gasteiger partial charge on any atom is 0.245 e. The molecule has 10 heteroatoms. The molecule has 2 aromatic heterocycles. The zero-order valence-corrected chi connectivity index (χ0v) is 21.3. The van der Waals surface area contributed by atoms with Gasteiger partial charge < -0.3 is 20.3 Å². The molecule has 38 heavy (non-hydrogen) atoms. The number of aromatic nitrogens is 3. The molecule has 0 unspecified atom stereocenters. The van der Waals surface area contributed by atoms with Gasteiger partial charge in [0.2, 0.25) is 5.91 Å². The van der Waals surface area contributed by atoms with E-state index in [1.54, 1.807) is 29.2 Å². The average Bonchev–Trinajstić information content (AvgIpc) is 2.93. The Hall–Kier alpha value is -4.24. The minimum absolute atomic E-state index is 0.0357. The Morgan fingerprint density at radius 3 is 2.76 bits per heavy atom. The predicted octanol–water partition coefficient (Wildman–Crippen LogP) is 5.73. The van der Waals surface area contributed by atoms with Crippen molar-refractivity contribution in [3.8, 4) is 5.75 Å². The number of carbonyl (C=O) groups excluding carboxylic acids is 1. The van der Waals surface area contributed by atoms with Crippen molar-refractivity contribution in [2.45, 2.75) is 25.5 Å². The van der Waals surface area contributed by atoms with Crippen LogP contribution in [0.5, 0.6) is 5.75 Å². The van der Waals surface area contributed by atoms with E-state index in [9.17, 15) is 9.18 Å². The lowest BCUT2D eigenvalue weighted by Gasteiger charge is -2.32. The van der Waals surface area contributed by atoms with Crippen molar-refractivity contribution in [3.63, 3.8) is 0 Å². The third-order valence-electron chi connectivity index (χ3n) is 6.29. The van der Waals surface area contributed by atoms with Gasteiger partial charge in [-0.15, -0.1) is 0 Å². The molecule has 0 saturated carbocycles. The highest BCUT2D eigenvalue weighted by molar-refractivity contribution is 6.32. The van der Waals surface area contributed by atoms with E-state index in [1.165, 1.54) is 24.5 Å². The molecule has 1 aliphatic rings. The Kier molecular flexibility index (Phi) is 7.65. The molecule has 4 aromatic rings. The fourth-order valence-electron chi connectivity index (χ4n) is 4.31. The van der Waals surface area contributed by atoms with Gasteiger partial charge >= 0.3 is 0 Å². The summed E-state index contributed by atoms with van der Waals surface area (Å²) in [7, 11) is 0. The highest BCUT2D eigenvalue weighted by Gasteiger charge is 2.21. The molecule has 5 rings (SSSR count). The summed E-state index contributed by atoms with van der Waals surface area (Å²) in [6.45, 7) is 5.11. The van der Waals surface area contributed by atoms with Crippen LogP contribution in [0.4, 0.5) is 21.7 Å². The minimum atomic E-state index is -0.314. The number of hydrogen-bond donors (Lipinski definition) is 2. The molecule has 0 atom stereocenters. The third kappa shape index (κ3) is 6.00.